The fourth-order valence-corrected chi connectivity index (χ4v) is 2.52. The molecular weight excluding hydrogens is 326 g/mol. The number of nitrogens with one attached hydrogen (secondary N) is 1. The lowest BCUT2D eigenvalue weighted by Crippen LogP contribution is -2.39. The van der Waals surface area contributed by atoms with E-state index in [9.17, 15) is 18.7 Å². The second-order valence-electron chi connectivity index (χ2n) is 5.92. The second kappa shape index (κ2) is 9.25. The molecule has 0 aliphatic rings. The molecule has 0 fully saturated rings. The normalized spacial score (nSPS) is 12.2. The summed E-state index contributed by atoms with van der Waals surface area (Å²) in [6.45, 7) is 2.50. The van der Waals surface area contributed by atoms with Crippen molar-refractivity contribution in [2.75, 3.05) is 18.5 Å². The van der Waals surface area contributed by atoms with Crippen molar-refractivity contribution in [3.8, 4) is 0 Å². The molecule has 2 aromatic rings. The van der Waals surface area contributed by atoms with Crippen LogP contribution in [0.4, 0.5) is 14.5 Å². The third-order valence-electron chi connectivity index (χ3n) is 3.95. The number of amides is 1. The van der Waals surface area contributed by atoms with Crippen LogP contribution in [0.2, 0.25) is 0 Å². The van der Waals surface area contributed by atoms with Crippen LogP contribution in [0.5, 0.6) is 0 Å². The lowest BCUT2D eigenvalue weighted by atomic mass is 10.1. The number of carbonyl (C=O) groups excluding carboxylic acids is 1. The van der Waals surface area contributed by atoms with Gasteiger partial charge in [-0.2, -0.15) is 0 Å². The number of halogens is 2. The first kappa shape index (κ1) is 19.0. The molecule has 0 bridgehead atoms. The largest absolute Gasteiger partial charge is 0.396 e. The van der Waals surface area contributed by atoms with Gasteiger partial charge in [0, 0.05) is 25.3 Å². The van der Waals surface area contributed by atoms with Gasteiger partial charge in [0.25, 0.3) is 0 Å². The van der Waals surface area contributed by atoms with E-state index in [0.717, 1.165) is 17.7 Å². The molecule has 0 saturated carbocycles. The maximum Gasteiger partial charge on any atom is 0.238 e. The molecule has 0 aliphatic carbocycles. The summed E-state index contributed by atoms with van der Waals surface area (Å²) in [5.74, 6) is -1.91. The zero-order valence-electron chi connectivity index (χ0n) is 14.1. The van der Waals surface area contributed by atoms with E-state index < -0.39 is 17.5 Å². The second-order valence-corrected chi connectivity index (χ2v) is 5.92. The fourth-order valence-electron chi connectivity index (χ4n) is 2.52. The maximum absolute atomic E-state index is 13.7. The molecule has 0 heterocycles. The Bertz CT molecular complexity index is 695. The van der Waals surface area contributed by atoms with Crippen molar-refractivity contribution in [1.82, 2.24) is 4.90 Å². The van der Waals surface area contributed by atoms with Gasteiger partial charge in [0.15, 0.2) is 0 Å². The lowest BCUT2D eigenvalue weighted by Gasteiger charge is -2.28. The summed E-state index contributed by atoms with van der Waals surface area (Å²) >= 11 is 0. The first-order valence-corrected chi connectivity index (χ1v) is 8.13. The van der Waals surface area contributed by atoms with Crippen molar-refractivity contribution >= 4 is 11.6 Å². The van der Waals surface area contributed by atoms with Gasteiger partial charge in [0.1, 0.15) is 11.6 Å². The number of hydrogen-bond acceptors (Lipinski definition) is 3. The van der Waals surface area contributed by atoms with Gasteiger partial charge in [0.2, 0.25) is 5.91 Å². The Hall–Kier alpha value is -2.31. The van der Waals surface area contributed by atoms with Gasteiger partial charge < -0.3 is 10.4 Å². The van der Waals surface area contributed by atoms with E-state index >= 15 is 0 Å². The third kappa shape index (κ3) is 5.92. The van der Waals surface area contributed by atoms with Crippen molar-refractivity contribution < 1.29 is 18.7 Å². The number of nitrogens with zero attached hydrogens (tertiary/aromatic N) is 1. The first-order valence-electron chi connectivity index (χ1n) is 8.13. The Labute approximate surface area is 146 Å². The maximum atomic E-state index is 13.7. The predicted octanol–water partition coefficient (Wildman–Crippen LogP) is 3.18. The van der Waals surface area contributed by atoms with Crippen molar-refractivity contribution in [2.24, 2.45) is 0 Å². The SMILES string of the molecule is CC(CCO)N(CC(=O)Nc1ccc(F)cc1F)Cc1ccccc1. The number of aliphatic hydroxyl groups excluding tert-OH is 1. The molecule has 1 atom stereocenters. The molecule has 0 saturated heterocycles. The lowest BCUT2D eigenvalue weighted by molar-refractivity contribution is -0.118. The minimum atomic E-state index is -0.814. The van der Waals surface area contributed by atoms with Crippen LogP contribution in [-0.4, -0.2) is 35.1 Å². The summed E-state index contributed by atoms with van der Waals surface area (Å²) in [5, 5.41) is 11.6. The highest BCUT2D eigenvalue weighted by atomic mass is 19.1. The van der Waals surface area contributed by atoms with Crippen molar-refractivity contribution in [1.29, 1.82) is 0 Å². The molecule has 2 rings (SSSR count). The summed E-state index contributed by atoms with van der Waals surface area (Å²) in [6, 6.07) is 12.6. The van der Waals surface area contributed by atoms with Crippen LogP contribution in [-0.2, 0) is 11.3 Å². The Kier molecular flexibility index (Phi) is 7.03. The molecule has 2 N–H and O–H groups in total. The van der Waals surface area contributed by atoms with Crippen LogP contribution in [0.25, 0.3) is 0 Å². The van der Waals surface area contributed by atoms with Gasteiger partial charge in [-0.15, -0.1) is 0 Å². The molecule has 0 spiro atoms. The minimum Gasteiger partial charge on any atom is -0.396 e. The number of benzene rings is 2. The Morgan fingerprint density at radius 3 is 2.56 bits per heavy atom. The molecule has 0 radical (unpaired) electrons. The van der Waals surface area contributed by atoms with Gasteiger partial charge in [-0.3, -0.25) is 9.69 Å². The molecule has 2 aromatic carbocycles. The van der Waals surface area contributed by atoms with Crippen LogP contribution in [0.15, 0.2) is 48.5 Å². The number of aliphatic hydroxyl groups is 1. The summed E-state index contributed by atoms with van der Waals surface area (Å²) in [5.41, 5.74) is 0.980. The average Bonchev–Trinajstić information content (AvgIpc) is 2.58. The van der Waals surface area contributed by atoms with Crippen LogP contribution in [0, 0.1) is 11.6 Å². The van der Waals surface area contributed by atoms with E-state index in [-0.39, 0.29) is 24.9 Å². The highest BCUT2D eigenvalue weighted by Gasteiger charge is 2.18. The smallest absolute Gasteiger partial charge is 0.238 e. The topological polar surface area (TPSA) is 52.6 Å². The first-order chi connectivity index (χ1) is 12.0. The molecule has 25 heavy (non-hydrogen) atoms. The zero-order valence-corrected chi connectivity index (χ0v) is 14.1. The minimum absolute atomic E-state index is 0.0145. The van der Waals surface area contributed by atoms with Crippen molar-refractivity contribution in [2.45, 2.75) is 25.9 Å². The number of rotatable bonds is 8. The molecule has 134 valence electrons. The molecule has 6 heteroatoms. The highest BCUT2D eigenvalue weighted by molar-refractivity contribution is 5.92. The number of hydrogen-bond donors (Lipinski definition) is 2. The molecule has 1 amide bonds. The van der Waals surface area contributed by atoms with Gasteiger partial charge in [-0.05, 0) is 31.0 Å². The fraction of sp³-hybridized carbons (Fsp3) is 0.316. The van der Waals surface area contributed by atoms with Gasteiger partial charge in [0.05, 0.1) is 12.2 Å². The Morgan fingerprint density at radius 2 is 1.92 bits per heavy atom. The summed E-state index contributed by atoms with van der Waals surface area (Å²) in [4.78, 5) is 14.2. The van der Waals surface area contributed by atoms with Crippen LogP contribution in [0.3, 0.4) is 0 Å². The zero-order chi connectivity index (χ0) is 18.2. The summed E-state index contributed by atoms with van der Waals surface area (Å²) in [7, 11) is 0. The molecular formula is C19H22F2N2O2. The quantitative estimate of drug-likeness (QED) is 0.770. The molecule has 0 aliphatic heterocycles. The van der Waals surface area contributed by atoms with Gasteiger partial charge in [-0.1, -0.05) is 30.3 Å². The predicted molar refractivity (Wildman–Crippen MR) is 93.0 cm³/mol. The van der Waals surface area contributed by atoms with E-state index in [1.165, 1.54) is 6.07 Å². The van der Waals surface area contributed by atoms with Crippen LogP contribution in [0.1, 0.15) is 18.9 Å². The van der Waals surface area contributed by atoms with E-state index in [1.807, 2.05) is 42.2 Å². The van der Waals surface area contributed by atoms with Crippen molar-refractivity contribution in [3.05, 3.63) is 65.7 Å². The molecule has 1 unspecified atom stereocenters. The summed E-state index contributed by atoms with van der Waals surface area (Å²) < 4.78 is 26.6. The van der Waals surface area contributed by atoms with E-state index in [4.69, 9.17) is 0 Å². The Morgan fingerprint density at radius 1 is 1.20 bits per heavy atom. The highest BCUT2D eigenvalue weighted by Crippen LogP contribution is 2.16. The van der Waals surface area contributed by atoms with Crippen LogP contribution < -0.4 is 5.32 Å². The van der Waals surface area contributed by atoms with E-state index in [1.54, 1.807) is 0 Å². The van der Waals surface area contributed by atoms with E-state index in [2.05, 4.69) is 5.32 Å². The number of anilines is 1. The Balaban J connectivity index is 2.05. The molecule has 4 nitrogen and oxygen atoms in total. The summed E-state index contributed by atoms with van der Waals surface area (Å²) in [6.07, 6.45) is 0.519. The third-order valence-corrected chi connectivity index (χ3v) is 3.95. The average molecular weight is 348 g/mol. The van der Waals surface area contributed by atoms with Crippen molar-refractivity contribution in [3.63, 3.8) is 0 Å². The van der Waals surface area contributed by atoms with Gasteiger partial charge >= 0.3 is 0 Å². The molecule has 0 aromatic heterocycles. The van der Waals surface area contributed by atoms with E-state index in [0.29, 0.717) is 13.0 Å². The van der Waals surface area contributed by atoms with Crippen LogP contribution >= 0.6 is 0 Å². The van der Waals surface area contributed by atoms with Gasteiger partial charge in [-0.25, -0.2) is 8.78 Å². The monoisotopic (exact) mass is 348 g/mol. The number of carbonyl (C=O) groups is 1. The standard InChI is InChI=1S/C19H22F2N2O2/c1-14(9-10-24)23(12-15-5-3-2-4-6-15)13-19(25)22-18-8-7-16(20)11-17(18)21/h2-8,11,14,24H,9-10,12-13H2,1H3,(H,22,25).